The van der Waals surface area contributed by atoms with Crippen molar-refractivity contribution < 1.29 is 27.5 Å². The van der Waals surface area contributed by atoms with Crippen LogP contribution in [0.1, 0.15) is 23.6 Å². The quantitative estimate of drug-likeness (QED) is 0.373. The Morgan fingerprint density at radius 3 is 1.92 bits per heavy atom. The van der Waals surface area contributed by atoms with Gasteiger partial charge in [-0.2, -0.15) is 5.26 Å². The number of nitrogens with zero attached hydrogens (tertiary/aromatic N) is 2. The second-order valence-electron chi connectivity index (χ2n) is 8.81. The minimum absolute atomic E-state index is 0.235. The third-order valence-corrected chi connectivity index (χ3v) is 7.42. The van der Waals surface area contributed by atoms with E-state index in [1.807, 2.05) is 6.07 Å². The van der Waals surface area contributed by atoms with Crippen LogP contribution in [0.2, 0.25) is 10.0 Å². The van der Waals surface area contributed by atoms with E-state index >= 15 is 0 Å². The van der Waals surface area contributed by atoms with Gasteiger partial charge in [-0.15, -0.1) is 13.2 Å². The molecule has 0 aromatic heterocycles. The maximum Gasteiger partial charge on any atom is 0.573 e. The van der Waals surface area contributed by atoms with E-state index in [1.165, 1.54) is 30.3 Å². The van der Waals surface area contributed by atoms with Gasteiger partial charge in [-0.05, 0) is 60.5 Å². The highest BCUT2D eigenvalue weighted by molar-refractivity contribution is 6.36. The number of piperidine rings is 1. The van der Waals surface area contributed by atoms with Crippen molar-refractivity contribution in [3.63, 3.8) is 0 Å². The monoisotopic (exact) mass is 530 g/mol. The summed E-state index contributed by atoms with van der Waals surface area (Å²) in [4.78, 5) is 28.6. The summed E-state index contributed by atoms with van der Waals surface area (Å²) in [7, 11) is 0. The van der Waals surface area contributed by atoms with E-state index < -0.39 is 40.7 Å². The van der Waals surface area contributed by atoms with Crippen LogP contribution >= 0.6 is 23.2 Å². The summed E-state index contributed by atoms with van der Waals surface area (Å²) in [6.45, 7) is 1.66. The Bertz CT molecular complexity index is 1430. The zero-order valence-electron chi connectivity index (χ0n) is 18.4. The van der Waals surface area contributed by atoms with Gasteiger partial charge in [0.25, 0.3) is 0 Å². The summed E-state index contributed by atoms with van der Waals surface area (Å²) in [5.41, 5.74) is -0.738. The summed E-state index contributed by atoms with van der Waals surface area (Å²) in [5.74, 6) is -2.25. The molecule has 1 aliphatic heterocycles. The van der Waals surface area contributed by atoms with Crippen LogP contribution in [0, 0.1) is 22.7 Å². The van der Waals surface area contributed by atoms with Crippen LogP contribution in [0.15, 0.2) is 66.7 Å². The van der Waals surface area contributed by atoms with Gasteiger partial charge in [-0.25, -0.2) is 4.90 Å². The Balaban J connectivity index is 1.63. The maximum absolute atomic E-state index is 13.8. The molecular weight excluding hydrogens is 516 g/mol. The lowest BCUT2D eigenvalue weighted by atomic mass is 9.78. The molecule has 3 aromatic rings. The summed E-state index contributed by atoms with van der Waals surface area (Å²) in [6.07, 6.45) is -4.86. The van der Waals surface area contributed by atoms with Crippen LogP contribution in [-0.4, -0.2) is 18.2 Å². The van der Waals surface area contributed by atoms with Gasteiger partial charge >= 0.3 is 6.36 Å². The van der Waals surface area contributed by atoms with E-state index in [9.17, 15) is 28.0 Å². The molecule has 2 amide bonds. The average molecular weight is 531 g/mol. The minimum atomic E-state index is -4.86. The predicted octanol–water partition coefficient (Wildman–Crippen LogP) is 6.26. The van der Waals surface area contributed by atoms with Gasteiger partial charge in [0.1, 0.15) is 5.75 Å². The van der Waals surface area contributed by atoms with Gasteiger partial charge in [0.15, 0.2) is 0 Å². The normalized spacial score (nSPS) is 24.9. The number of hydrogen-bond donors (Lipinski definition) is 0. The minimum Gasteiger partial charge on any atom is -0.406 e. The van der Waals surface area contributed by atoms with Crippen LogP contribution in [-0.2, 0) is 15.0 Å². The number of benzene rings is 3. The van der Waals surface area contributed by atoms with E-state index in [1.54, 1.807) is 31.2 Å². The molecule has 0 radical (unpaired) electrons. The SMILES string of the molecule is C[C@@]12C(=O)N(c3cc(Cl)cc(Cl)c3)C(=O)[C@@H]1[C@@]2(c1ccc(C#N)cc1)c1ccc(OC(F)(F)F)cc1. The number of amides is 2. The van der Waals surface area contributed by atoms with Crippen molar-refractivity contribution in [2.24, 2.45) is 11.3 Å². The number of rotatable bonds is 4. The Hall–Kier alpha value is -3.54. The molecule has 182 valence electrons. The Morgan fingerprint density at radius 1 is 0.944 bits per heavy atom. The maximum atomic E-state index is 13.8. The molecule has 3 aromatic carbocycles. The predicted molar refractivity (Wildman–Crippen MR) is 126 cm³/mol. The van der Waals surface area contributed by atoms with Crippen molar-refractivity contribution >= 4 is 40.7 Å². The molecule has 1 aliphatic carbocycles. The first-order chi connectivity index (χ1) is 16.9. The molecular formula is C26H15Cl2F3N2O3. The second kappa shape index (κ2) is 7.99. The van der Waals surface area contributed by atoms with Crippen molar-refractivity contribution in [3.8, 4) is 11.8 Å². The summed E-state index contributed by atoms with van der Waals surface area (Å²) in [6, 6.07) is 18.0. The highest BCUT2D eigenvalue weighted by atomic mass is 35.5. The van der Waals surface area contributed by atoms with E-state index in [4.69, 9.17) is 23.2 Å². The van der Waals surface area contributed by atoms with Gasteiger partial charge in [-0.3, -0.25) is 9.59 Å². The number of fused-ring (bicyclic) bond motifs is 1. The molecule has 2 aliphatic rings. The lowest BCUT2D eigenvalue weighted by molar-refractivity contribution is -0.274. The largest absolute Gasteiger partial charge is 0.573 e. The number of carbonyl (C=O) groups is 2. The lowest BCUT2D eigenvalue weighted by Crippen LogP contribution is -2.42. The molecule has 5 rings (SSSR count). The van der Waals surface area contributed by atoms with Crippen LogP contribution in [0.3, 0.4) is 0 Å². The third kappa shape index (κ3) is 3.38. The van der Waals surface area contributed by atoms with Crippen molar-refractivity contribution in [3.05, 3.63) is 93.5 Å². The van der Waals surface area contributed by atoms with E-state index in [-0.39, 0.29) is 15.7 Å². The van der Waals surface area contributed by atoms with Gasteiger partial charge in [-0.1, -0.05) is 47.5 Å². The molecule has 0 bridgehead atoms. The number of nitriles is 1. The van der Waals surface area contributed by atoms with Crippen molar-refractivity contribution in [1.29, 1.82) is 5.26 Å². The lowest BCUT2D eigenvalue weighted by Gasteiger charge is -2.30. The molecule has 1 saturated heterocycles. The van der Waals surface area contributed by atoms with Crippen molar-refractivity contribution in [1.82, 2.24) is 0 Å². The van der Waals surface area contributed by atoms with Crippen molar-refractivity contribution in [2.45, 2.75) is 18.7 Å². The second-order valence-corrected chi connectivity index (χ2v) is 9.68. The summed E-state index contributed by atoms with van der Waals surface area (Å²) >= 11 is 12.2. The summed E-state index contributed by atoms with van der Waals surface area (Å²) < 4.78 is 42.0. The third-order valence-electron chi connectivity index (χ3n) is 6.98. The molecule has 36 heavy (non-hydrogen) atoms. The smallest absolute Gasteiger partial charge is 0.406 e. The molecule has 1 heterocycles. The van der Waals surface area contributed by atoms with Crippen LogP contribution in [0.5, 0.6) is 5.75 Å². The molecule has 1 saturated carbocycles. The molecule has 10 heteroatoms. The van der Waals surface area contributed by atoms with Crippen LogP contribution in [0.25, 0.3) is 0 Å². The number of hydrogen-bond acceptors (Lipinski definition) is 4. The fourth-order valence-corrected chi connectivity index (χ4v) is 6.06. The Kier molecular flexibility index (Phi) is 5.36. The molecule has 0 unspecified atom stereocenters. The van der Waals surface area contributed by atoms with E-state index in [0.717, 1.165) is 17.0 Å². The highest BCUT2D eigenvalue weighted by Crippen LogP contribution is 2.76. The van der Waals surface area contributed by atoms with Crippen LogP contribution in [0.4, 0.5) is 18.9 Å². The molecule has 0 spiro atoms. The topological polar surface area (TPSA) is 70.4 Å². The number of carbonyl (C=O) groups excluding carboxylic acids is 2. The first-order valence-electron chi connectivity index (χ1n) is 10.6. The van der Waals surface area contributed by atoms with Gasteiger partial charge in [0, 0.05) is 15.5 Å². The Labute approximate surface area is 213 Å². The number of halogens is 5. The first kappa shape index (κ1) is 24.2. The highest BCUT2D eigenvalue weighted by Gasteiger charge is 2.86. The van der Waals surface area contributed by atoms with Crippen LogP contribution < -0.4 is 9.64 Å². The number of alkyl halides is 3. The number of imide groups is 1. The molecule has 3 atom stereocenters. The fraction of sp³-hybridized carbons (Fsp3) is 0.192. The van der Waals surface area contributed by atoms with Crippen molar-refractivity contribution in [2.75, 3.05) is 4.90 Å². The first-order valence-corrected chi connectivity index (χ1v) is 11.4. The van der Waals surface area contributed by atoms with Gasteiger partial charge < -0.3 is 4.74 Å². The Morgan fingerprint density at radius 2 is 1.47 bits per heavy atom. The summed E-state index contributed by atoms with van der Waals surface area (Å²) in [5, 5.41) is 9.70. The fourth-order valence-electron chi connectivity index (χ4n) is 5.54. The molecule has 2 fully saturated rings. The van der Waals surface area contributed by atoms with Gasteiger partial charge in [0.2, 0.25) is 11.8 Å². The average Bonchev–Trinajstić information content (AvgIpc) is 3.32. The van der Waals surface area contributed by atoms with E-state index in [0.29, 0.717) is 16.7 Å². The number of ether oxygens (including phenoxy) is 1. The van der Waals surface area contributed by atoms with Gasteiger partial charge in [0.05, 0.1) is 28.7 Å². The number of anilines is 1. The molecule has 5 nitrogen and oxygen atoms in total. The zero-order chi connectivity index (χ0) is 26.0. The standard InChI is InChI=1S/C26H15Cl2F3N2O3/c1-24-21(22(34)33(23(24)35)19-11-17(27)10-18(28)12-19)25(24,15-4-2-14(13-32)3-5-15)16-6-8-20(9-7-16)36-26(29,30)31/h2-12,21H,1H3/t21-,24-,25+/m0/s1. The molecule has 0 N–H and O–H groups in total. The van der Waals surface area contributed by atoms with E-state index in [2.05, 4.69) is 4.74 Å². The zero-order valence-corrected chi connectivity index (χ0v) is 19.9.